The van der Waals surface area contributed by atoms with Crippen molar-refractivity contribution in [3.63, 3.8) is 0 Å². The number of amidine groups is 1. The van der Waals surface area contributed by atoms with Gasteiger partial charge in [0.1, 0.15) is 30.0 Å². The van der Waals surface area contributed by atoms with E-state index in [0.29, 0.717) is 19.3 Å². The first-order valence-electron chi connectivity index (χ1n) is 12.8. The standard InChI is InChI=1S/C23H36ClF3N6O3/c1-2-36-22(35)31-20(28)13-7-9-15-16(10-13)30-21(29-15)18-19(34)17(32-33(18)11-23(25,26)27)12-4-3-5-14(24)8-6-12/h12-17,21,29-30,32,34H,2-11H2,1H3,(H2,28,31,35). The highest BCUT2D eigenvalue weighted by molar-refractivity contribution is 6.20. The molecular weight excluding hydrogens is 501 g/mol. The number of ether oxygens (including phenoxy) is 1. The zero-order valence-corrected chi connectivity index (χ0v) is 21.1. The van der Waals surface area contributed by atoms with Crippen molar-refractivity contribution in [2.75, 3.05) is 13.2 Å². The molecule has 13 heteroatoms. The molecule has 2 aliphatic carbocycles. The summed E-state index contributed by atoms with van der Waals surface area (Å²) in [6.07, 6.45) is 0.0833. The Morgan fingerprint density at radius 2 is 1.94 bits per heavy atom. The number of hydrazine groups is 1. The molecule has 204 valence electrons. The number of amides is 1. The first kappa shape index (κ1) is 27.3. The van der Waals surface area contributed by atoms with Crippen molar-refractivity contribution in [2.45, 2.75) is 94.1 Å². The summed E-state index contributed by atoms with van der Waals surface area (Å²) >= 11 is 6.31. The summed E-state index contributed by atoms with van der Waals surface area (Å²) in [4.78, 5) is 11.7. The third-order valence-corrected chi connectivity index (χ3v) is 8.14. The highest BCUT2D eigenvalue weighted by Crippen LogP contribution is 2.37. The molecule has 3 fully saturated rings. The monoisotopic (exact) mass is 536 g/mol. The lowest BCUT2D eigenvalue weighted by Crippen LogP contribution is -2.49. The topological polar surface area (TPSA) is 122 Å². The van der Waals surface area contributed by atoms with Crippen molar-refractivity contribution in [2.24, 2.45) is 11.8 Å². The van der Waals surface area contributed by atoms with Gasteiger partial charge in [0, 0.05) is 23.4 Å². The van der Waals surface area contributed by atoms with Crippen LogP contribution in [0.2, 0.25) is 0 Å². The maximum atomic E-state index is 13.5. The zero-order chi connectivity index (χ0) is 26.0. The number of aliphatic hydroxyl groups is 1. The van der Waals surface area contributed by atoms with Crippen LogP contribution in [0.5, 0.6) is 0 Å². The van der Waals surface area contributed by atoms with Gasteiger partial charge in [-0.1, -0.05) is 6.42 Å². The number of carbonyl (C=O) groups is 1. The fourth-order valence-electron chi connectivity index (χ4n) is 5.99. The quantitative estimate of drug-likeness (QED) is 0.138. The number of nitrogens with one attached hydrogen (secondary N) is 5. The second-order valence-electron chi connectivity index (χ2n) is 10.2. The second kappa shape index (κ2) is 11.3. The zero-order valence-electron chi connectivity index (χ0n) is 20.3. The largest absolute Gasteiger partial charge is 0.509 e. The van der Waals surface area contributed by atoms with Gasteiger partial charge in [-0.2, -0.15) is 13.2 Å². The van der Waals surface area contributed by atoms with Crippen molar-refractivity contribution >= 4 is 23.5 Å². The number of alkyl halides is 4. The molecule has 0 aromatic heterocycles. The summed E-state index contributed by atoms with van der Waals surface area (Å²) in [5.74, 6) is -0.202. The maximum absolute atomic E-state index is 13.5. The second-order valence-corrected chi connectivity index (χ2v) is 10.8. The van der Waals surface area contributed by atoms with E-state index in [2.05, 4.69) is 21.4 Å². The van der Waals surface area contributed by atoms with Gasteiger partial charge >= 0.3 is 12.3 Å². The number of rotatable bonds is 5. The average molecular weight is 537 g/mol. The molecule has 1 saturated heterocycles. The molecule has 6 N–H and O–H groups in total. The lowest BCUT2D eigenvalue weighted by atomic mass is 9.82. The van der Waals surface area contributed by atoms with Crippen LogP contribution < -0.4 is 21.4 Å². The highest BCUT2D eigenvalue weighted by Gasteiger charge is 2.48. The first-order chi connectivity index (χ1) is 17.1. The van der Waals surface area contributed by atoms with Crippen molar-refractivity contribution in [1.29, 1.82) is 5.41 Å². The molecule has 1 amide bonds. The molecule has 4 aliphatic rings. The van der Waals surface area contributed by atoms with Gasteiger partial charge in [0.25, 0.3) is 0 Å². The number of aliphatic hydroxyl groups excluding tert-OH is 1. The lowest BCUT2D eigenvalue weighted by Gasteiger charge is -2.31. The molecule has 0 bridgehead atoms. The van der Waals surface area contributed by atoms with Crippen LogP contribution in [0.3, 0.4) is 0 Å². The summed E-state index contributed by atoms with van der Waals surface area (Å²) in [6.45, 7) is 0.665. The highest BCUT2D eigenvalue weighted by atomic mass is 35.5. The van der Waals surface area contributed by atoms with Gasteiger partial charge in [-0.25, -0.2) is 10.2 Å². The van der Waals surface area contributed by atoms with E-state index in [1.54, 1.807) is 6.92 Å². The molecule has 7 atom stereocenters. The van der Waals surface area contributed by atoms with Crippen LogP contribution in [0.1, 0.15) is 58.3 Å². The normalized spacial score (nSPS) is 35.4. The minimum Gasteiger partial charge on any atom is -0.509 e. The van der Waals surface area contributed by atoms with E-state index >= 15 is 0 Å². The SMILES string of the molecule is CCOC(=O)NC(=N)C1CCC2NC(C3=C(O)C(C4CCCC(Cl)CC4)NN3CC(F)(F)F)NC2C1. The van der Waals surface area contributed by atoms with Crippen LogP contribution in [-0.2, 0) is 4.74 Å². The van der Waals surface area contributed by atoms with Crippen molar-refractivity contribution < 1.29 is 27.8 Å². The number of hydrogen-bond donors (Lipinski definition) is 6. The van der Waals surface area contributed by atoms with Crippen LogP contribution in [-0.4, -0.2) is 71.0 Å². The van der Waals surface area contributed by atoms with Crippen LogP contribution in [0.25, 0.3) is 0 Å². The minimum absolute atomic E-state index is 0.00975. The third-order valence-electron chi connectivity index (χ3n) is 7.70. The Bertz CT molecular complexity index is 859. The number of halogens is 4. The van der Waals surface area contributed by atoms with Gasteiger partial charge in [0.15, 0.2) is 0 Å². The van der Waals surface area contributed by atoms with Gasteiger partial charge < -0.3 is 9.84 Å². The van der Waals surface area contributed by atoms with Gasteiger partial charge in [-0.15, -0.1) is 11.6 Å². The third kappa shape index (κ3) is 6.38. The average Bonchev–Trinajstić information content (AvgIpc) is 3.26. The summed E-state index contributed by atoms with van der Waals surface area (Å²) in [6, 6.07) is -0.742. The van der Waals surface area contributed by atoms with Crippen LogP contribution >= 0.6 is 11.6 Å². The van der Waals surface area contributed by atoms with Gasteiger partial charge in [0.2, 0.25) is 0 Å². The van der Waals surface area contributed by atoms with Gasteiger partial charge in [-0.05, 0) is 57.8 Å². The number of hydrogen-bond acceptors (Lipinski definition) is 8. The van der Waals surface area contributed by atoms with Crippen molar-refractivity contribution in [3.05, 3.63) is 11.5 Å². The summed E-state index contributed by atoms with van der Waals surface area (Å²) in [7, 11) is 0. The van der Waals surface area contributed by atoms with Crippen LogP contribution in [0, 0.1) is 17.2 Å². The fourth-order valence-corrected chi connectivity index (χ4v) is 6.27. The van der Waals surface area contributed by atoms with Gasteiger partial charge in [-0.3, -0.25) is 26.4 Å². The van der Waals surface area contributed by atoms with Gasteiger partial charge in [0.05, 0.1) is 12.6 Å². The van der Waals surface area contributed by atoms with E-state index in [9.17, 15) is 23.1 Å². The molecule has 0 spiro atoms. The minimum atomic E-state index is -4.46. The Balaban J connectivity index is 1.47. The molecule has 2 saturated carbocycles. The lowest BCUT2D eigenvalue weighted by molar-refractivity contribution is -0.147. The molecule has 36 heavy (non-hydrogen) atoms. The number of carbonyl (C=O) groups excluding carboxylic acids is 1. The Hall–Kier alpha value is -1.76. The summed E-state index contributed by atoms with van der Waals surface area (Å²) in [5, 5.41) is 29.7. The smallest absolute Gasteiger partial charge is 0.412 e. The predicted octanol–water partition coefficient (Wildman–Crippen LogP) is 3.47. The number of fused-ring (bicyclic) bond motifs is 1. The molecule has 0 aromatic carbocycles. The van der Waals surface area contributed by atoms with Crippen molar-refractivity contribution in [3.8, 4) is 0 Å². The Labute approximate surface area is 214 Å². The van der Waals surface area contributed by atoms with E-state index < -0.39 is 31.0 Å². The predicted molar refractivity (Wildman–Crippen MR) is 128 cm³/mol. The van der Waals surface area contributed by atoms with E-state index in [4.69, 9.17) is 21.7 Å². The van der Waals surface area contributed by atoms with E-state index in [0.717, 1.165) is 37.1 Å². The van der Waals surface area contributed by atoms with E-state index in [1.165, 1.54) is 0 Å². The summed E-state index contributed by atoms with van der Waals surface area (Å²) in [5.41, 5.74) is 3.12. The Morgan fingerprint density at radius 1 is 1.19 bits per heavy atom. The van der Waals surface area contributed by atoms with Crippen LogP contribution in [0.4, 0.5) is 18.0 Å². The first-order valence-corrected chi connectivity index (χ1v) is 13.2. The van der Waals surface area contributed by atoms with Crippen molar-refractivity contribution in [1.82, 2.24) is 26.4 Å². The molecule has 7 unspecified atom stereocenters. The van der Waals surface area contributed by atoms with Crippen LogP contribution in [0.15, 0.2) is 11.5 Å². The Kier molecular flexibility index (Phi) is 8.58. The molecular formula is C23H36ClF3N6O3. The molecule has 0 radical (unpaired) electrons. The van der Waals surface area contributed by atoms with E-state index in [-0.39, 0.29) is 53.2 Å². The molecule has 2 aliphatic heterocycles. The number of nitrogens with zero attached hydrogens (tertiary/aromatic N) is 1. The maximum Gasteiger partial charge on any atom is 0.412 e. The molecule has 9 nitrogen and oxygen atoms in total. The summed E-state index contributed by atoms with van der Waals surface area (Å²) < 4.78 is 45.2. The van der Waals surface area contributed by atoms with E-state index in [1.807, 2.05) is 0 Å². The molecule has 4 rings (SSSR count). The molecule has 0 aromatic rings. The molecule has 2 heterocycles. The number of alkyl carbamates (subject to hydrolysis) is 1. The Morgan fingerprint density at radius 3 is 2.67 bits per heavy atom. The fraction of sp³-hybridized carbons (Fsp3) is 0.826.